The van der Waals surface area contributed by atoms with Gasteiger partial charge in [0.15, 0.2) is 5.89 Å². The zero-order valence-electron chi connectivity index (χ0n) is 26.4. The van der Waals surface area contributed by atoms with Gasteiger partial charge in [0.25, 0.3) is 0 Å². The first-order valence-corrected chi connectivity index (χ1v) is 15.1. The fourth-order valence-electron chi connectivity index (χ4n) is 5.37. The third-order valence-corrected chi connectivity index (χ3v) is 8.51. The number of aryl methyl sites for hydroxylation is 1. The molecule has 3 heterocycles. The fourth-order valence-corrected chi connectivity index (χ4v) is 5.37. The van der Waals surface area contributed by atoms with Crippen LogP contribution in [-0.2, 0) is 19.1 Å². The summed E-state index contributed by atoms with van der Waals surface area (Å²) in [6.07, 6.45) is 11.7. The largest absolute Gasteiger partial charge is 0.481 e. The summed E-state index contributed by atoms with van der Waals surface area (Å²) in [7, 11) is 0. The van der Waals surface area contributed by atoms with Gasteiger partial charge < -0.3 is 34.3 Å². The molecule has 0 spiro atoms. The molecule has 4 N–H and O–H groups in total. The Hall–Kier alpha value is -3.31. The van der Waals surface area contributed by atoms with E-state index >= 15 is 0 Å². The molecule has 1 saturated heterocycles. The van der Waals surface area contributed by atoms with E-state index in [4.69, 9.17) is 13.9 Å². The molecule has 0 aliphatic carbocycles. The van der Waals surface area contributed by atoms with Crippen LogP contribution in [0.4, 0.5) is 0 Å². The van der Waals surface area contributed by atoms with Gasteiger partial charge in [0.2, 0.25) is 0 Å². The van der Waals surface area contributed by atoms with Crippen LogP contribution in [0.15, 0.2) is 64.4 Å². The van der Waals surface area contributed by atoms with E-state index in [0.29, 0.717) is 17.2 Å². The quantitative estimate of drug-likeness (QED) is 0.140. The van der Waals surface area contributed by atoms with Crippen LogP contribution in [0.5, 0.6) is 0 Å². The predicted molar refractivity (Wildman–Crippen MR) is 165 cm³/mol. The number of aliphatic carboxylic acids is 1. The summed E-state index contributed by atoms with van der Waals surface area (Å²) in [5, 5.41) is 42.4. The molecule has 1 fully saturated rings. The second-order valence-electron chi connectivity index (χ2n) is 12.4. The molecule has 0 aromatic carbocycles. The van der Waals surface area contributed by atoms with E-state index in [2.05, 4.69) is 4.98 Å². The molecule has 2 aliphatic heterocycles. The number of fused-ring (bicyclic) bond motifs is 1. The van der Waals surface area contributed by atoms with E-state index in [0.717, 1.165) is 5.57 Å². The van der Waals surface area contributed by atoms with E-state index in [-0.39, 0.29) is 37.5 Å². The van der Waals surface area contributed by atoms with Crippen molar-refractivity contribution in [3.8, 4) is 0 Å². The molecular weight excluding hydrogens is 566 g/mol. The van der Waals surface area contributed by atoms with Gasteiger partial charge in [-0.05, 0) is 56.8 Å². The molecule has 10 heteroatoms. The first-order valence-electron chi connectivity index (χ1n) is 15.1. The molecule has 242 valence electrons. The van der Waals surface area contributed by atoms with Crippen molar-refractivity contribution in [2.75, 3.05) is 0 Å². The number of carbonyl (C=O) groups is 2. The Morgan fingerprint density at radius 3 is 2.61 bits per heavy atom. The Kier molecular flexibility index (Phi) is 12.5. The monoisotopic (exact) mass is 613 g/mol. The second kappa shape index (κ2) is 15.6. The van der Waals surface area contributed by atoms with Crippen LogP contribution in [0.2, 0.25) is 0 Å². The summed E-state index contributed by atoms with van der Waals surface area (Å²) in [6.45, 7) is 10.8. The number of hydrogen-bond acceptors (Lipinski definition) is 9. The molecule has 0 unspecified atom stereocenters. The number of rotatable bonds is 8. The molecule has 10 nitrogen and oxygen atoms in total. The summed E-state index contributed by atoms with van der Waals surface area (Å²) in [5.41, 5.74) is 1.37. The summed E-state index contributed by atoms with van der Waals surface area (Å²) < 4.78 is 16.8. The minimum atomic E-state index is -1.00. The zero-order chi connectivity index (χ0) is 32.6. The number of hydrogen-bond donors (Lipinski definition) is 4. The molecule has 1 aromatic rings. The Balaban J connectivity index is 1.78. The van der Waals surface area contributed by atoms with Crippen molar-refractivity contribution >= 4 is 18.0 Å². The number of aliphatic hydroxyl groups excluding tert-OH is 3. The Labute approximate surface area is 259 Å². The molecule has 3 rings (SSSR count). The smallest absolute Gasteiger partial charge is 0.330 e. The van der Waals surface area contributed by atoms with Gasteiger partial charge in [-0.2, -0.15) is 0 Å². The predicted octanol–water partition coefficient (Wildman–Crippen LogP) is 4.70. The normalized spacial score (nSPS) is 32.2. The highest BCUT2D eigenvalue weighted by Gasteiger charge is 2.56. The molecule has 0 saturated carbocycles. The van der Waals surface area contributed by atoms with Crippen LogP contribution in [0.3, 0.4) is 0 Å². The highest BCUT2D eigenvalue weighted by molar-refractivity contribution is 5.82. The van der Waals surface area contributed by atoms with Crippen LogP contribution in [0.25, 0.3) is 6.08 Å². The van der Waals surface area contributed by atoms with Gasteiger partial charge in [0.1, 0.15) is 29.8 Å². The minimum Gasteiger partial charge on any atom is -0.481 e. The molecular formula is C34H47NO9. The highest BCUT2D eigenvalue weighted by Crippen LogP contribution is 2.43. The van der Waals surface area contributed by atoms with E-state index in [1.54, 1.807) is 52.2 Å². The van der Waals surface area contributed by atoms with Gasteiger partial charge in [0, 0.05) is 37.7 Å². The lowest BCUT2D eigenvalue weighted by molar-refractivity contribution is -0.150. The van der Waals surface area contributed by atoms with Crippen LogP contribution >= 0.6 is 0 Å². The Morgan fingerprint density at radius 2 is 1.95 bits per heavy atom. The van der Waals surface area contributed by atoms with Crippen molar-refractivity contribution in [3.63, 3.8) is 0 Å². The number of carboxylic acids is 1. The molecule has 0 amide bonds. The molecule has 9 atom stereocenters. The molecule has 2 aliphatic rings. The maximum Gasteiger partial charge on any atom is 0.330 e. The number of ether oxygens (including phenoxy) is 2. The van der Waals surface area contributed by atoms with Gasteiger partial charge in [-0.15, -0.1) is 0 Å². The van der Waals surface area contributed by atoms with Crippen molar-refractivity contribution in [2.45, 2.75) is 103 Å². The number of epoxide rings is 1. The van der Waals surface area contributed by atoms with Gasteiger partial charge in [0.05, 0.1) is 18.3 Å². The lowest BCUT2D eigenvalue weighted by Gasteiger charge is -2.30. The van der Waals surface area contributed by atoms with Crippen molar-refractivity contribution in [2.24, 2.45) is 17.8 Å². The van der Waals surface area contributed by atoms with Crippen molar-refractivity contribution in [1.82, 2.24) is 4.98 Å². The maximum absolute atomic E-state index is 12.9. The number of carboxylic acid groups (broad SMARTS) is 1. The van der Waals surface area contributed by atoms with Gasteiger partial charge in [-0.25, -0.2) is 9.78 Å². The first-order chi connectivity index (χ1) is 20.7. The fraction of sp³-hybridized carbons (Fsp3) is 0.559. The van der Waals surface area contributed by atoms with E-state index in [9.17, 15) is 30.0 Å². The van der Waals surface area contributed by atoms with Crippen LogP contribution in [-0.4, -0.2) is 73.5 Å². The van der Waals surface area contributed by atoms with Crippen LogP contribution in [0.1, 0.15) is 71.9 Å². The highest BCUT2D eigenvalue weighted by atomic mass is 16.6. The summed E-state index contributed by atoms with van der Waals surface area (Å²) >= 11 is 0. The van der Waals surface area contributed by atoms with Crippen molar-refractivity contribution in [1.29, 1.82) is 0 Å². The number of aromatic nitrogens is 1. The number of oxazole rings is 1. The van der Waals surface area contributed by atoms with E-state index in [1.807, 2.05) is 38.2 Å². The van der Waals surface area contributed by atoms with E-state index < -0.39 is 54.0 Å². The lowest BCUT2D eigenvalue weighted by atomic mass is 9.86. The number of cyclic esters (lactones) is 1. The summed E-state index contributed by atoms with van der Waals surface area (Å²) in [5.74, 6) is -2.29. The van der Waals surface area contributed by atoms with Gasteiger partial charge in [-0.1, -0.05) is 50.3 Å². The van der Waals surface area contributed by atoms with Gasteiger partial charge >= 0.3 is 11.9 Å². The third kappa shape index (κ3) is 10.1. The van der Waals surface area contributed by atoms with Crippen molar-refractivity contribution < 1.29 is 43.9 Å². The van der Waals surface area contributed by atoms with Crippen molar-refractivity contribution in [3.05, 3.63) is 71.5 Å². The maximum atomic E-state index is 12.9. The number of allylic oxidation sites excluding steroid dienone is 5. The Bertz CT molecular complexity index is 1290. The molecule has 44 heavy (non-hydrogen) atoms. The third-order valence-electron chi connectivity index (χ3n) is 8.51. The first kappa shape index (κ1) is 35.2. The summed E-state index contributed by atoms with van der Waals surface area (Å²) in [6, 6.07) is 0. The number of aliphatic hydroxyl groups is 3. The molecule has 0 radical (unpaired) electrons. The minimum absolute atomic E-state index is 0.0283. The number of nitrogens with zero attached hydrogens (tertiary/aromatic N) is 1. The molecule has 0 bridgehead atoms. The lowest BCUT2D eigenvalue weighted by Crippen LogP contribution is -2.40. The van der Waals surface area contributed by atoms with E-state index in [1.165, 1.54) is 6.08 Å². The van der Waals surface area contributed by atoms with Crippen LogP contribution in [0, 0.1) is 24.7 Å². The average molecular weight is 614 g/mol. The Morgan fingerprint density at radius 1 is 1.23 bits per heavy atom. The zero-order valence-corrected chi connectivity index (χ0v) is 26.4. The standard InChI is InChI=1S/C34H47NO9/c1-20(15-26-19-42-24(5)35-26)9-7-10-22(3)33(41)23(4)28-18-29(37)34(6)30(44-34)14-13-21(2)27(36)16-25(17-31(38)39)11-8-12-32(40)43-28/h7-10,12-15,19,21,23,25,27-30,33,36-37,41H,11,16-18H2,1-6H3,(H,38,39)/t21-,23+,25-,27-,28+,29+,30-,33+,34-/m1/s1. The number of esters is 1. The molecule has 1 aromatic heterocycles. The van der Waals surface area contributed by atoms with Gasteiger partial charge in [-0.3, -0.25) is 4.79 Å². The van der Waals surface area contributed by atoms with Crippen LogP contribution < -0.4 is 0 Å². The second-order valence-corrected chi connectivity index (χ2v) is 12.4. The average Bonchev–Trinajstić information content (AvgIpc) is 3.45. The number of carbonyl (C=O) groups excluding carboxylic acids is 1. The topological polar surface area (TPSA) is 163 Å². The summed E-state index contributed by atoms with van der Waals surface area (Å²) in [4.78, 5) is 28.5. The SMILES string of the molecule is CC(C=CC=C(C)[C@H](O)[C@@H](C)[C@@H]1C[C@H](O)[C@@]2(C)O[C@@H]2C=C[C@@H](C)[C@H](O)C[C@H](CC(=O)O)CC=CC(=O)O1)=Cc1coc(C)n1.